The van der Waals surface area contributed by atoms with Crippen LogP contribution in [0.15, 0.2) is 71.0 Å². The van der Waals surface area contributed by atoms with Gasteiger partial charge in [-0.05, 0) is 37.1 Å². The molecule has 1 aliphatic heterocycles. The van der Waals surface area contributed by atoms with Crippen molar-refractivity contribution >= 4 is 51.7 Å². The number of pyridine rings is 1. The van der Waals surface area contributed by atoms with E-state index >= 15 is 0 Å². The van der Waals surface area contributed by atoms with E-state index in [4.69, 9.17) is 12.2 Å². The number of benzene rings is 1. The maximum Gasteiger partial charge on any atom is 0.267 e. The molecule has 1 amide bonds. The van der Waals surface area contributed by atoms with Gasteiger partial charge in [0, 0.05) is 12.7 Å². The summed E-state index contributed by atoms with van der Waals surface area (Å²) in [5.74, 6) is 0.185. The van der Waals surface area contributed by atoms with E-state index in [0.717, 1.165) is 11.1 Å². The summed E-state index contributed by atoms with van der Waals surface area (Å²) in [5, 5.41) is 3.13. The van der Waals surface area contributed by atoms with E-state index in [1.165, 1.54) is 16.2 Å². The number of aryl methyl sites for hydroxylation is 1. The number of nitrogens with one attached hydrogen (secondary N) is 1. The molecule has 6 nitrogen and oxygen atoms in total. The van der Waals surface area contributed by atoms with Gasteiger partial charge in [-0.15, -0.1) is 6.58 Å². The van der Waals surface area contributed by atoms with E-state index in [2.05, 4.69) is 16.9 Å². The molecule has 162 valence electrons. The number of fused-ring (bicyclic) bond motifs is 1. The van der Waals surface area contributed by atoms with E-state index in [1.807, 2.05) is 50.2 Å². The van der Waals surface area contributed by atoms with Crippen molar-refractivity contribution in [2.75, 3.05) is 11.9 Å². The maximum absolute atomic E-state index is 13.3. The highest BCUT2D eigenvalue weighted by molar-refractivity contribution is 8.26. The first-order valence-electron chi connectivity index (χ1n) is 10.1. The van der Waals surface area contributed by atoms with Gasteiger partial charge in [0.15, 0.2) is 0 Å². The lowest BCUT2D eigenvalue weighted by Crippen LogP contribution is -2.31. The summed E-state index contributed by atoms with van der Waals surface area (Å²) in [6.45, 7) is 7.99. The third-order valence-electron chi connectivity index (χ3n) is 5.27. The second-order valence-corrected chi connectivity index (χ2v) is 9.05. The van der Waals surface area contributed by atoms with Crippen molar-refractivity contribution in [2.24, 2.45) is 0 Å². The van der Waals surface area contributed by atoms with Gasteiger partial charge < -0.3 is 5.32 Å². The third kappa shape index (κ3) is 3.99. The Balaban J connectivity index is 1.79. The molecule has 1 N–H and O–H groups in total. The fourth-order valence-electron chi connectivity index (χ4n) is 3.57. The summed E-state index contributed by atoms with van der Waals surface area (Å²) in [4.78, 5) is 33.2. The Morgan fingerprint density at radius 1 is 1.22 bits per heavy atom. The molecule has 1 aromatic carbocycles. The highest BCUT2D eigenvalue weighted by atomic mass is 32.2. The third-order valence-corrected chi connectivity index (χ3v) is 6.60. The predicted octanol–water partition coefficient (Wildman–Crippen LogP) is 4.56. The van der Waals surface area contributed by atoms with Gasteiger partial charge in [-0.1, -0.05) is 66.5 Å². The van der Waals surface area contributed by atoms with Gasteiger partial charge in [-0.25, -0.2) is 4.98 Å². The number of hydrogen-bond donors (Lipinski definition) is 1. The number of thioether (sulfide) groups is 1. The zero-order chi connectivity index (χ0) is 22.8. The van der Waals surface area contributed by atoms with Crippen LogP contribution in [0, 0.1) is 6.92 Å². The zero-order valence-corrected chi connectivity index (χ0v) is 19.4. The Morgan fingerprint density at radius 2 is 1.97 bits per heavy atom. The number of aromatic nitrogens is 2. The number of carbonyl (C=O) groups excluding carboxylic acids is 1. The molecule has 4 rings (SSSR count). The second-order valence-electron chi connectivity index (χ2n) is 7.37. The molecular weight excluding hydrogens is 440 g/mol. The molecule has 0 saturated carbocycles. The Morgan fingerprint density at radius 3 is 2.69 bits per heavy atom. The average Bonchev–Trinajstić information content (AvgIpc) is 3.08. The number of hydrogen-bond acceptors (Lipinski definition) is 6. The van der Waals surface area contributed by atoms with Crippen molar-refractivity contribution in [1.29, 1.82) is 0 Å². The van der Waals surface area contributed by atoms with Crippen molar-refractivity contribution in [3.8, 4) is 0 Å². The summed E-state index contributed by atoms with van der Waals surface area (Å²) in [7, 11) is 0. The molecule has 0 aliphatic carbocycles. The molecule has 1 atom stereocenters. The number of anilines is 1. The highest BCUT2D eigenvalue weighted by Crippen LogP contribution is 2.38. The van der Waals surface area contributed by atoms with E-state index < -0.39 is 0 Å². The minimum Gasteiger partial charge on any atom is -0.366 e. The van der Waals surface area contributed by atoms with Crippen molar-refractivity contribution in [1.82, 2.24) is 14.3 Å². The first kappa shape index (κ1) is 22.0. The predicted molar refractivity (Wildman–Crippen MR) is 135 cm³/mol. The monoisotopic (exact) mass is 462 g/mol. The molecule has 1 aliphatic rings. The average molecular weight is 463 g/mol. The van der Waals surface area contributed by atoms with Crippen LogP contribution in [-0.2, 0) is 4.79 Å². The van der Waals surface area contributed by atoms with Crippen molar-refractivity contribution in [2.45, 2.75) is 19.9 Å². The molecule has 2 aromatic heterocycles. The number of thiocarbonyl (C=S) groups is 1. The van der Waals surface area contributed by atoms with E-state index in [-0.39, 0.29) is 17.5 Å². The van der Waals surface area contributed by atoms with Crippen LogP contribution in [-0.4, -0.2) is 31.1 Å². The molecule has 1 fully saturated rings. The lowest BCUT2D eigenvalue weighted by molar-refractivity contribution is -0.123. The zero-order valence-electron chi connectivity index (χ0n) is 17.7. The lowest BCUT2D eigenvalue weighted by Gasteiger charge is -2.23. The van der Waals surface area contributed by atoms with Crippen LogP contribution in [0.3, 0.4) is 0 Å². The summed E-state index contributed by atoms with van der Waals surface area (Å²) >= 11 is 6.71. The smallest absolute Gasteiger partial charge is 0.267 e. The quantitative estimate of drug-likeness (QED) is 0.329. The fourth-order valence-corrected chi connectivity index (χ4v) is 4.97. The van der Waals surface area contributed by atoms with E-state index in [0.29, 0.717) is 32.8 Å². The Bertz CT molecular complexity index is 1310. The Hall–Kier alpha value is -3.23. The minimum atomic E-state index is -0.258. The largest absolute Gasteiger partial charge is 0.366 e. The topological polar surface area (TPSA) is 66.7 Å². The first-order valence-corrected chi connectivity index (χ1v) is 11.3. The molecular formula is C24H22N4O2S2. The van der Waals surface area contributed by atoms with Crippen LogP contribution in [0.25, 0.3) is 11.7 Å². The van der Waals surface area contributed by atoms with Crippen LogP contribution in [0.4, 0.5) is 5.82 Å². The number of carbonyl (C=O) groups is 1. The van der Waals surface area contributed by atoms with Gasteiger partial charge in [-0.2, -0.15) is 0 Å². The van der Waals surface area contributed by atoms with Gasteiger partial charge in [0.25, 0.3) is 11.5 Å². The minimum absolute atomic E-state index is 0.216. The first-order chi connectivity index (χ1) is 15.4. The van der Waals surface area contributed by atoms with Crippen LogP contribution in [0.1, 0.15) is 29.7 Å². The normalized spacial score (nSPS) is 16.1. The van der Waals surface area contributed by atoms with E-state index in [1.54, 1.807) is 29.3 Å². The van der Waals surface area contributed by atoms with Gasteiger partial charge in [0.2, 0.25) is 0 Å². The van der Waals surface area contributed by atoms with Crippen molar-refractivity contribution in [3.05, 3.63) is 93.3 Å². The van der Waals surface area contributed by atoms with E-state index in [9.17, 15) is 9.59 Å². The van der Waals surface area contributed by atoms with Gasteiger partial charge in [0.05, 0.1) is 16.5 Å². The van der Waals surface area contributed by atoms with Crippen LogP contribution in [0.5, 0.6) is 0 Å². The van der Waals surface area contributed by atoms with Gasteiger partial charge in [-0.3, -0.25) is 18.9 Å². The van der Waals surface area contributed by atoms with Gasteiger partial charge >= 0.3 is 0 Å². The molecule has 32 heavy (non-hydrogen) atoms. The molecule has 0 bridgehead atoms. The van der Waals surface area contributed by atoms with Crippen LogP contribution < -0.4 is 10.9 Å². The Kier molecular flexibility index (Phi) is 6.25. The fraction of sp³-hybridized carbons (Fsp3) is 0.167. The Labute approximate surface area is 195 Å². The SMILES string of the molecule is C=CCNc1nc2c(C)cccn2c(=O)c1/C=C1/SC(=S)N(C(C)c2ccccc2)C1=O. The summed E-state index contributed by atoms with van der Waals surface area (Å²) < 4.78 is 1.95. The summed E-state index contributed by atoms with van der Waals surface area (Å²) in [6.07, 6.45) is 4.95. The number of amides is 1. The molecule has 1 unspecified atom stereocenters. The second kappa shape index (κ2) is 9.10. The number of rotatable bonds is 6. The lowest BCUT2D eigenvalue weighted by atomic mass is 10.1. The summed E-state index contributed by atoms with van der Waals surface area (Å²) in [6, 6.07) is 13.2. The van der Waals surface area contributed by atoms with Crippen molar-refractivity contribution in [3.63, 3.8) is 0 Å². The molecule has 3 aromatic rings. The van der Waals surface area contributed by atoms with Gasteiger partial charge in [0.1, 0.15) is 15.8 Å². The molecule has 3 heterocycles. The van der Waals surface area contributed by atoms with Crippen molar-refractivity contribution < 1.29 is 4.79 Å². The molecule has 0 spiro atoms. The highest BCUT2D eigenvalue weighted by Gasteiger charge is 2.36. The van der Waals surface area contributed by atoms with Crippen LogP contribution >= 0.6 is 24.0 Å². The summed E-state index contributed by atoms with van der Waals surface area (Å²) in [5.41, 5.74) is 2.48. The maximum atomic E-state index is 13.3. The number of nitrogens with zero attached hydrogens (tertiary/aromatic N) is 3. The van der Waals surface area contributed by atoms with Crippen LogP contribution in [0.2, 0.25) is 0 Å². The molecule has 1 saturated heterocycles. The molecule has 0 radical (unpaired) electrons. The standard InChI is InChI=1S/C24H22N4O2S2/c1-4-12-25-20-18(22(29)27-13-8-9-15(2)21(27)26-20)14-19-23(30)28(24(31)32-19)16(3)17-10-6-5-7-11-17/h4-11,13-14,16,25H,1,12H2,2-3H3/b19-14+. The molecule has 8 heteroatoms.